The van der Waals surface area contributed by atoms with Crippen LogP contribution in [0.4, 0.5) is 4.79 Å². The maximum absolute atomic E-state index is 8.56. The summed E-state index contributed by atoms with van der Waals surface area (Å²) in [6.45, 7) is 3.06. The van der Waals surface area contributed by atoms with Crippen LogP contribution >= 0.6 is 0 Å². The van der Waals surface area contributed by atoms with E-state index in [2.05, 4.69) is 6.58 Å². The lowest BCUT2D eigenvalue weighted by molar-refractivity contribution is 0.137. The van der Waals surface area contributed by atoms with Gasteiger partial charge in [0.15, 0.2) is 0 Å². The zero-order valence-corrected chi connectivity index (χ0v) is 4.56. The number of hydrogen-bond acceptors (Lipinski definition) is 3. The average Bonchev–Trinajstić information content (AvgIpc) is 1.65. The first-order valence-electron chi connectivity index (χ1n) is 1.91. The molecule has 4 N–H and O–H groups in total. The molecule has 0 spiro atoms. The van der Waals surface area contributed by atoms with Gasteiger partial charge in [0.05, 0.1) is 0 Å². The minimum Gasteiger partial charge on any atom is -0.450 e. The summed E-state index contributed by atoms with van der Waals surface area (Å²) >= 11 is 0. The second-order valence-electron chi connectivity index (χ2n) is 0.932. The fourth-order valence-corrected chi connectivity index (χ4v) is 0. The summed E-state index contributed by atoms with van der Waals surface area (Å²) in [7, 11) is -1.35. The molecule has 9 heavy (non-hydrogen) atoms. The Labute approximate surface area is 52.0 Å². The van der Waals surface area contributed by atoms with Crippen LogP contribution in [0.25, 0.3) is 0 Å². The highest BCUT2D eigenvalue weighted by atomic mass is 16.6. The number of hydrogen-bond donors (Lipinski definition) is 4. The lowest BCUT2D eigenvalue weighted by Gasteiger charge is -1.75. The zero-order chi connectivity index (χ0) is 7.86. The van der Waals surface area contributed by atoms with Crippen molar-refractivity contribution in [3.8, 4) is 0 Å². The Bertz CT molecular complexity index is 86.2. The van der Waals surface area contributed by atoms with Crippen LogP contribution < -0.4 is 0 Å². The third kappa shape index (κ3) is 176. The Morgan fingerprint density at radius 1 is 1.44 bits per heavy atom. The molecule has 0 aromatic rings. The Morgan fingerprint density at radius 2 is 1.56 bits per heavy atom. The molecule has 0 aromatic heterocycles. The molecule has 5 nitrogen and oxygen atoms in total. The summed E-state index contributed by atoms with van der Waals surface area (Å²) in [6.07, 6.45) is -1.83. The molecule has 0 atom stereocenters. The highest BCUT2D eigenvalue weighted by molar-refractivity contribution is 6.47. The van der Waals surface area contributed by atoms with Crippen LogP contribution in [0.2, 0.25) is 0 Å². The van der Waals surface area contributed by atoms with E-state index in [-0.39, 0.29) is 0 Å². The third-order valence-electron chi connectivity index (χ3n) is 0.211. The van der Waals surface area contributed by atoms with E-state index in [9.17, 15) is 0 Å². The predicted molar refractivity (Wildman–Crippen MR) is 31.0 cm³/mol. The number of carboxylic acid groups (broad SMARTS) is 2. The molecule has 0 aliphatic rings. The largest absolute Gasteiger partial charge is 0.503 e. The molecule has 0 aliphatic carbocycles. The minimum atomic E-state index is -1.83. The van der Waals surface area contributed by atoms with Gasteiger partial charge >= 0.3 is 13.3 Å². The van der Waals surface area contributed by atoms with Crippen LogP contribution in [0, 0.1) is 0 Å². The fraction of sp³-hybridized carbons (Fsp3) is 0. The zero-order valence-electron chi connectivity index (χ0n) is 4.56. The first kappa shape index (κ1) is 10.9. The van der Waals surface area contributed by atoms with Crippen LogP contribution in [0.3, 0.4) is 0 Å². The van der Waals surface area contributed by atoms with Crippen molar-refractivity contribution in [2.24, 2.45) is 0 Å². The van der Waals surface area contributed by atoms with Gasteiger partial charge in [0, 0.05) is 0 Å². The summed E-state index contributed by atoms with van der Waals surface area (Å²) in [6, 6.07) is 0. The number of rotatable bonds is 1. The van der Waals surface area contributed by atoms with E-state index in [1.165, 1.54) is 0 Å². The Balaban J connectivity index is 0. The quantitative estimate of drug-likeness (QED) is 0.359. The van der Waals surface area contributed by atoms with E-state index < -0.39 is 13.3 Å². The molecule has 0 amide bonds. The van der Waals surface area contributed by atoms with Crippen molar-refractivity contribution in [1.82, 2.24) is 0 Å². The highest BCUT2D eigenvalue weighted by Crippen LogP contribution is 1.60. The van der Waals surface area contributed by atoms with Gasteiger partial charge < -0.3 is 20.3 Å². The second-order valence-corrected chi connectivity index (χ2v) is 0.932. The Kier molecular flexibility index (Phi) is 8.46. The highest BCUT2D eigenvalue weighted by Gasteiger charge is 1.92. The fourth-order valence-electron chi connectivity index (χ4n) is 0. The van der Waals surface area contributed by atoms with Gasteiger partial charge in [0.1, 0.15) is 0 Å². The molecule has 0 unspecified atom stereocenters. The van der Waals surface area contributed by atoms with Gasteiger partial charge in [-0.05, 0) is 0 Å². The van der Waals surface area contributed by atoms with Gasteiger partial charge in [-0.1, -0.05) is 5.98 Å². The lowest BCUT2D eigenvalue weighted by atomic mass is 9.94. The van der Waals surface area contributed by atoms with Gasteiger partial charge in [0.2, 0.25) is 0 Å². The maximum Gasteiger partial charge on any atom is 0.503 e. The van der Waals surface area contributed by atoms with Gasteiger partial charge in [-0.15, -0.1) is 6.58 Å². The number of carbonyl (C=O) groups is 1. The lowest BCUT2D eigenvalue weighted by Crippen LogP contribution is -2.03. The average molecular weight is 134 g/mol. The minimum absolute atomic E-state index is 1.03. The molecule has 52 valence electrons. The molecule has 0 fully saturated rings. The van der Waals surface area contributed by atoms with Gasteiger partial charge in [-0.3, -0.25) is 0 Å². The predicted octanol–water partition coefficient (Wildman–Crippen LogP) is -0.593. The van der Waals surface area contributed by atoms with E-state index in [4.69, 9.17) is 25.1 Å². The van der Waals surface area contributed by atoms with Crippen LogP contribution in [0.1, 0.15) is 0 Å². The molecular weight excluding hydrogens is 127 g/mol. The van der Waals surface area contributed by atoms with Crippen molar-refractivity contribution in [3.05, 3.63) is 12.6 Å². The van der Waals surface area contributed by atoms with Crippen LogP contribution in [-0.2, 0) is 0 Å². The second kappa shape index (κ2) is 6.99. The Hall–Kier alpha value is -1.01. The van der Waals surface area contributed by atoms with Crippen molar-refractivity contribution in [2.45, 2.75) is 0 Å². The molecule has 0 rings (SSSR count). The molecule has 0 aliphatic heterocycles. The molecule has 0 saturated heterocycles. The molecule has 0 saturated carbocycles. The monoisotopic (exact) mass is 134 g/mol. The smallest absolute Gasteiger partial charge is 0.450 e. The topological polar surface area (TPSA) is 98.0 Å². The van der Waals surface area contributed by atoms with Crippen LogP contribution in [0.15, 0.2) is 12.6 Å². The molecule has 0 radical (unpaired) electrons. The van der Waals surface area contributed by atoms with Gasteiger partial charge in [-0.25, -0.2) is 4.79 Å². The van der Waals surface area contributed by atoms with E-state index in [1.807, 2.05) is 0 Å². The van der Waals surface area contributed by atoms with E-state index >= 15 is 0 Å². The van der Waals surface area contributed by atoms with Crippen molar-refractivity contribution in [3.63, 3.8) is 0 Å². The summed E-state index contributed by atoms with van der Waals surface area (Å²) in [5.41, 5.74) is 0. The van der Waals surface area contributed by atoms with Crippen LogP contribution in [0.5, 0.6) is 0 Å². The van der Waals surface area contributed by atoms with Gasteiger partial charge in [-0.2, -0.15) is 0 Å². The van der Waals surface area contributed by atoms with Crippen molar-refractivity contribution >= 4 is 13.3 Å². The normalized spacial score (nSPS) is 6.44. The van der Waals surface area contributed by atoms with Crippen molar-refractivity contribution in [1.29, 1.82) is 0 Å². The standard InChI is InChI=1S/C2H5BO2.CH2O3/c1-2-3(4)5;2-1(3)4/h2,4-5H,1H2;(H2,2,3,4). The Morgan fingerprint density at radius 3 is 1.56 bits per heavy atom. The summed E-state index contributed by atoms with van der Waals surface area (Å²) in [5, 5.41) is 29.5. The molecule has 0 bridgehead atoms. The van der Waals surface area contributed by atoms with Crippen molar-refractivity contribution in [2.75, 3.05) is 0 Å². The van der Waals surface area contributed by atoms with E-state index in [0.717, 1.165) is 5.98 Å². The summed E-state index contributed by atoms with van der Waals surface area (Å²) in [5.74, 6) is 1.03. The van der Waals surface area contributed by atoms with Crippen LogP contribution in [-0.4, -0.2) is 33.5 Å². The SMILES string of the molecule is C=CB(O)O.O=C(O)O. The van der Waals surface area contributed by atoms with Crippen molar-refractivity contribution < 1.29 is 25.1 Å². The van der Waals surface area contributed by atoms with Gasteiger partial charge in [0.25, 0.3) is 0 Å². The van der Waals surface area contributed by atoms with E-state index in [0.29, 0.717) is 0 Å². The molecule has 0 heterocycles. The molecular formula is C3H7BO5. The molecule has 6 heteroatoms. The molecule has 0 aromatic carbocycles. The first-order chi connectivity index (χ1) is 4.00. The third-order valence-corrected chi connectivity index (χ3v) is 0.211. The van der Waals surface area contributed by atoms with E-state index in [1.54, 1.807) is 0 Å². The maximum atomic E-state index is 8.56. The summed E-state index contributed by atoms with van der Waals surface area (Å²) in [4.78, 5) is 8.56. The summed E-state index contributed by atoms with van der Waals surface area (Å²) < 4.78 is 0. The first-order valence-corrected chi connectivity index (χ1v) is 1.91.